The van der Waals surface area contributed by atoms with Crippen LogP contribution in [0.5, 0.6) is 0 Å². The summed E-state index contributed by atoms with van der Waals surface area (Å²) < 4.78 is 16.8. The fourth-order valence-corrected chi connectivity index (χ4v) is 7.83. The average molecular weight is 1020 g/mol. The molecule has 0 aliphatic carbocycles. The van der Waals surface area contributed by atoms with E-state index >= 15 is 0 Å². The standard InChI is InChI=1S/C68H110O6/c1-4-7-10-13-16-19-22-25-27-29-30-31-32-33-34-35-36-37-38-40-41-43-46-49-52-55-58-61-67(70)73-64-65(63-72-66(69)60-57-54-51-48-45-24-21-18-15-12-9-6-3)74-68(71)62-59-56-53-50-47-44-42-39-28-26-23-20-17-14-11-8-5-2/h7,10,16-21,25-28,30-31,33-34,36-37,40-41,46,49,65H,4-6,8-9,11-15,22-24,29,32,35,38-39,42-45,47-48,50-64H2,1-3H3/b10-7-,19-16-,20-17-,21-18-,27-25-,28-26-,31-30-,34-33-,37-36-,41-40-,49-46-. The van der Waals surface area contributed by atoms with E-state index in [9.17, 15) is 14.4 Å². The molecule has 0 rings (SSSR count). The van der Waals surface area contributed by atoms with Gasteiger partial charge < -0.3 is 14.2 Å². The van der Waals surface area contributed by atoms with Crippen LogP contribution in [0.2, 0.25) is 0 Å². The first-order chi connectivity index (χ1) is 36.5. The number of carbonyl (C=O) groups is 3. The molecule has 0 spiro atoms. The van der Waals surface area contributed by atoms with Gasteiger partial charge in [-0.1, -0.05) is 231 Å². The van der Waals surface area contributed by atoms with E-state index in [1.165, 1.54) is 83.5 Å². The largest absolute Gasteiger partial charge is 0.462 e. The Hall–Kier alpha value is -4.45. The monoisotopic (exact) mass is 1020 g/mol. The summed E-state index contributed by atoms with van der Waals surface area (Å²) >= 11 is 0. The van der Waals surface area contributed by atoms with Gasteiger partial charge in [-0.15, -0.1) is 0 Å². The third-order valence-electron chi connectivity index (χ3n) is 12.4. The van der Waals surface area contributed by atoms with Crippen LogP contribution in [-0.4, -0.2) is 37.2 Å². The van der Waals surface area contributed by atoms with Gasteiger partial charge in [0, 0.05) is 19.3 Å². The summed E-state index contributed by atoms with van der Waals surface area (Å²) in [4.78, 5) is 38.2. The highest BCUT2D eigenvalue weighted by molar-refractivity contribution is 5.71. The van der Waals surface area contributed by atoms with Crippen LogP contribution < -0.4 is 0 Å². The molecule has 0 heterocycles. The Morgan fingerprint density at radius 2 is 0.527 bits per heavy atom. The van der Waals surface area contributed by atoms with Crippen molar-refractivity contribution in [3.05, 3.63) is 134 Å². The van der Waals surface area contributed by atoms with Gasteiger partial charge in [-0.05, 0) is 141 Å². The van der Waals surface area contributed by atoms with Crippen molar-refractivity contribution < 1.29 is 28.6 Å². The Balaban J connectivity index is 4.44. The average Bonchev–Trinajstić information content (AvgIpc) is 3.40. The molecule has 0 saturated heterocycles. The van der Waals surface area contributed by atoms with Gasteiger partial charge in [-0.2, -0.15) is 0 Å². The molecular formula is C68H110O6. The molecule has 0 aliphatic heterocycles. The van der Waals surface area contributed by atoms with Crippen molar-refractivity contribution in [3.8, 4) is 0 Å². The third kappa shape index (κ3) is 58.4. The van der Waals surface area contributed by atoms with Crippen LogP contribution in [0.15, 0.2) is 134 Å². The maximum absolute atomic E-state index is 12.9. The van der Waals surface area contributed by atoms with Gasteiger partial charge in [0.2, 0.25) is 0 Å². The lowest BCUT2D eigenvalue weighted by Gasteiger charge is -2.18. The second-order valence-corrected chi connectivity index (χ2v) is 19.5. The molecular weight excluding hydrogens is 913 g/mol. The lowest BCUT2D eigenvalue weighted by atomic mass is 10.1. The van der Waals surface area contributed by atoms with Crippen molar-refractivity contribution in [3.63, 3.8) is 0 Å². The Morgan fingerprint density at radius 1 is 0.284 bits per heavy atom. The predicted octanol–water partition coefficient (Wildman–Crippen LogP) is 20.6. The molecule has 1 atom stereocenters. The minimum Gasteiger partial charge on any atom is -0.462 e. The number of unbranched alkanes of at least 4 members (excludes halogenated alkanes) is 20. The molecule has 1 unspecified atom stereocenters. The van der Waals surface area contributed by atoms with E-state index in [0.29, 0.717) is 25.7 Å². The van der Waals surface area contributed by atoms with Crippen LogP contribution in [0.3, 0.4) is 0 Å². The summed E-state index contributed by atoms with van der Waals surface area (Å²) in [6, 6.07) is 0. The first-order valence-corrected chi connectivity index (χ1v) is 30.2. The smallest absolute Gasteiger partial charge is 0.306 e. The topological polar surface area (TPSA) is 78.9 Å². The SMILES string of the molecule is CC/C=C\C/C=C\C/C=C\C/C=C\C/C=C\C/C=C\C/C=C\C/C=C\CCCCC(=O)OCC(COC(=O)CCCCCCC/C=C\CCCCC)OC(=O)CCCCCCCCC/C=C\C/C=C\CCCCC. The number of allylic oxidation sites excluding steroid dienone is 22. The number of carbonyl (C=O) groups excluding carboxylic acids is 3. The van der Waals surface area contributed by atoms with Gasteiger partial charge in [-0.3, -0.25) is 14.4 Å². The van der Waals surface area contributed by atoms with E-state index in [1.807, 2.05) is 0 Å². The maximum Gasteiger partial charge on any atom is 0.306 e. The zero-order valence-corrected chi connectivity index (χ0v) is 47.8. The molecule has 418 valence electrons. The summed E-state index contributed by atoms with van der Waals surface area (Å²) in [6.45, 7) is 6.42. The van der Waals surface area contributed by atoms with E-state index in [0.717, 1.165) is 128 Å². The quantitative estimate of drug-likeness (QED) is 0.0261. The van der Waals surface area contributed by atoms with Gasteiger partial charge >= 0.3 is 17.9 Å². The number of hydrogen-bond donors (Lipinski definition) is 0. The first kappa shape index (κ1) is 69.5. The molecule has 0 aromatic carbocycles. The second-order valence-electron chi connectivity index (χ2n) is 19.5. The summed E-state index contributed by atoms with van der Waals surface area (Å²) in [5.74, 6) is -0.968. The zero-order chi connectivity index (χ0) is 53.6. The van der Waals surface area contributed by atoms with Crippen LogP contribution >= 0.6 is 0 Å². The minimum absolute atomic E-state index is 0.103. The molecule has 0 aromatic rings. The molecule has 6 nitrogen and oxygen atoms in total. The number of rotatable bonds is 53. The Morgan fingerprint density at radius 3 is 0.865 bits per heavy atom. The van der Waals surface area contributed by atoms with Crippen LogP contribution in [0.1, 0.15) is 258 Å². The third-order valence-corrected chi connectivity index (χ3v) is 12.4. The molecule has 0 N–H and O–H groups in total. The Kier molecular flexibility index (Phi) is 57.4. The molecule has 0 fully saturated rings. The van der Waals surface area contributed by atoms with E-state index in [1.54, 1.807) is 0 Å². The van der Waals surface area contributed by atoms with Crippen molar-refractivity contribution in [2.24, 2.45) is 0 Å². The highest BCUT2D eigenvalue weighted by Crippen LogP contribution is 2.14. The van der Waals surface area contributed by atoms with Crippen molar-refractivity contribution in [1.29, 1.82) is 0 Å². The number of hydrogen-bond acceptors (Lipinski definition) is 6. The van der Waals surface area contributed by atoms with Gasteiger partial charge in [0.05, 0.1) is 0 Å². The van der Waals surface area contributed by atoms with E-state index in [-0.39, 0.29) is 31.1 Å². The molecule has 0 amide bonds. The number of esters is 3. The molecule has 6 heteroatoms. The number of ether oxygens (including phenoxy) is 3. The normalized spacial score (nSPS) is 13.1. The second kappa shape index (κ2) is 61.1. The van der Waals surface area contributed by atoms with Gasteiger partial charge in [0.1, 0.15) is 13.2 Å². The van der Waals surface area contributed by atoms with Gasteiger partial charge in [0.15, 0.2) is 6.10 Å². The van der Waals surface area contributed by atoms with Crippen molar-refractivity contribution in [2.45, 2.75) is 264 Å². The zero-order valence-electron chi connectivity index (χ0n) is 47.8. The minimum atomic E-state index is -0.809. The van der Waals surface area contributed by atoms with Crippen LogP contribution in [0.4, 0.5) is 0 Å². The molecule has 74 heavy (non-hydrogen) atoms. The van der Waals surface area contributed by atoms with Crippen molar-refractivity contribution in [2.75, 3.05) is 13.2 Å². The first-order valence-electron chi connectivity index (χ1n) is 30.2. The van der Waals surface area contributed by atoms with Crippen LogP contribution in [0, 0.1) is 0 Å². The summed E-state index contributed by atoms with van der Waals surface area (Å²) in [5, 5.41) is 0. The Labute approximate surface area is 455 Å². The predicted molar refractivity (Wildman–Crippen MR) is 320 cm³/mol. The molecule has 0 bridgehead atoms. The molecule has 0 saturated carbocycles. The van der Waals surface area contributed by atoms with E-state index in [2.05, 4.69) is 154 Å². The van der Waals surface area contributed by atoms with Crippen molar-refractivity contribution >= 4 is 17.9 Å². The van der Waals surface area contributed by atoms with Gasteiger partial charge in [0.25, 0.3) is 0 Å². The summed E-state index contributed by atoms with van der Waals surface area (Å²) in [7, 11) is 0. The highest BCUT2D eigenvalue weighted by Gasteiger charge is 2.19. The maximum atomic E-state index is 12.9. The summed E-state index contributed by atoms with van der Waals surface area (Å²) in [6.07, 6.45) is 85.9. The van der Waals surface area contributed by atoms with E-state index in [4.69, 9.17) is 14.2 Å². The van der Waals surface area contributed by atoms with Crippen LogP contribution in [-0.2, 0) is 28.6 Å². The van der Waals surface area contributed by atoms with Crippen LogP contribution in [0.25, 0.3) is 0 Å². The molecule has 0 aliphatic rings. The van der Waals surface area contributed by atoms with Gasteiger partial charge in [-0.25, -0.2) is 0 Å². The van der Waals surface area contributed by atoms with Crippen molar-refractivity contribution in [1.82, 2.24) is 0 Å². The molecule has 0 radical (unpaired) electrons. The summed E-state index contributed by atoms with van der Waals surface area (Å²) in [5.41, 5.74) is 0. The fourth-order valence-electron chi connectivity index (χ4n) is 7.83. The van der Waals surface area contributed by atoms with E-state index < -0.39 is 6.10 Å². The fraction of sp³-hybridized carbons (Fsp3) is 0.632. The molecule has 0 aromatic heterocycles. The Bertz CT molecular complexity index is 1600. The lowest BCUT2D eigenvalue weighted by molar-refractivity contribution is -0.167. The lowest BCUT2D eigenvalue weighted by Crippen LogP contribution is -2.30. The highest BCUT2D eigenvalue weighted by atomic mass is 16.6.